The zero-order valence-electron chi connectivity index (χ0n) is 13.8. The van der Waals surface area contributed by atoms with E-state index in [2.05, 4.69) is 10.3 Å². The van der Waals surface area contributed by atoms with Crippen LogP contribution in [0.1, 0.15) is 6.92 Å². The molecule has 0 unspecified atom stereocenters. The molecule has 0 aliphatic carbocycles. The molecule has 1 heterocycles. The monoisotopic (exact) mass is 390 g/mol. The molecule has 2 aromatic carbocycles. The second-order valence-corrected chi connectivity index (χ2v) is 6.74. The lowest BCUT2D eigenvalue weighted by Crippen LogP contribution is -2.15. The SMILES string of the molecule is CCn1c(SCC(=O)Nc2ccc([N+](=O)[O-])cc2Cl)nc2ccccc21. The van der Waals surface area contributed by atoms with Gasteiger partial charge in [0.25, 0.3) is 5.69 Å². The standard InChI is InChI=1S/C17H15ClN4O3S/c1-2-21-15-6-4-3-5-14(15)20-17(21)26-10-16(23)19-13-8-7-11(22(24)25)9-12(13)18/h3-9H,2,10H2,1H3,(H,19,23). The fraction of sp³-hybridized carbons (Fsp3) is 0.176. The Morgan fingerprint density at radius 3 is 2.81 bits per heavy atom. The molecule has 1 amide bonds. The summed E-state index contributed by atoms with van der Waals surface area (Å²) in [5.41, 5.74) is 2.12. The molecule has 0 radical (unpaired) electrons. The number of aromatic nitrogens is 2. The predicted octanol–water partition coefficient (Wildman–Crippen LogP) is 4.35. The van der Waals surface area contributed by atoms with Crippen molar-refractivity contribution in [2.45, 2.75) is 18.6 Å². The summed E-state index contributed by atoms with van der Waals surface area (Å²) in [6.07, 6.45) is 0. The number of benzene rings is 2. The largest absolute Gasteiger partial charge is 0.324 e. The van der Waals surface area contributed by atoms with Gasteiger partial charge in [0, 0.05) is 18.7 Å². The highest BCUT2D eigenvalue weighted by Gasteiger charge is 2.14. The number of fused-ring (bicyclic) bond motifs is 1. The molecule has 7 nitrogen and oxygen atoms in total. The Labute approximate surface area is 158 Å². The molecule has 0 bridgehead atoms. The van der Waals surface area contributed by atoms with E-state index in [0.717, 1.165) is 22.7 Å². The zero-order chi connectivity index (χ0) is 18.7. The van der Waals surface area contributed by atoms with Crippen LogP contribution in [-0.4, -0.2) is 26.1 Å². The zero-order valence-corrected chi connectivity index (χ0v) is 15.4. The smallest absolute Gasteiger partial charge is 0.271 e. The lowest BCUT2D eigenvalue weighted by molar-refractivity contribution is -0.384. The third-order valence-corrected chi connectivity index (χ3v) is 4.99. The quantitative estimate of drug-likeness (QED) is 0.384. The Morgan fingerprint density at radius 2 is 2.12 bits per heavy atom. The number of hydrogen-bond acceptors (Lipinski definition) is 5. The summed E-state index contributed by atoms with van der Waals surface area (Å²) in [5.74, 6) is -0.114. The number of nitrogens with zero attached hydrogens (tertiary/aromatic N) is 3. The summed E-state index contributed by atoms with van der Waals surface area (Å²) < 4.78 is 2.05. The van der Waals surface area contributed by atoms with E-state index >= 15 is 0 Å². The van der Waals surface area contributed by atoms with Crippen molar-refractivity contribution in [2.75, 3.05) is 11.1 Å². The van der Waals surface area contributed by atoms with Crippen LogP contribution in [0.4, 0.5) is 11.4 Å². The third-order valence-electron chi connectivity index (χ3n) is 3.71. The molecule has 134 valence electrons. The number of halogens is 1. The number of rotatable bonds is 6. The Bertz CT molecular complexity index is 989. The molecule has 0 aliphatic heterocycles. The molecule has 1 N–H and O–H groups in total. The van der Waals surface area contributed by atoms with Crippen LogP contribution < -0.4 is 5.32 Å². The predicted molar refractivity (Wildman–Crippen MR) is 103 cm³/mol. The maximum absolute atomic E-state index is 12.2. The average molecular weight is 391 g/mol. The molecule has 3 rings (SSSR count). The first-order valence-electron chi connectivity index (χ1n) is 7.81. The van der Waals surface area contributed by atoms with Crippen molar-refractivity contribution in [3.63, 3.8) is 0 Å². The molecule has 0 saturated carbocycles. The summed E-state index contributed by atoms with van der Waals surface area (Å²) in [4.78, 5) is 27.0. The van der Waals surface area contributed by atoms with E-state index in [-0.39, 0.29) is 22.4 Å². The van der Waals surface area contributed by atoms with Crippen LogP contribution in [0.5, 0.6) is 0 Å². The molecule has 1 aromatic heterocycles. The topological polar surface area (TPSA) is 90.1 Å². The number of anilines is 1. The minimum absolute atomic E-state index is 0.123. The molecule has 0 spiro atoms. The van der Waals surface area contributed by atoms with E-state index in [1.807, 2.05) is 35.8 Å². The second kappa shape index (κ2) is 7.76. The van der Waals surface area contributed by atoms with Gasteiger partial charge in [0.05, 0.1) is 32.4 Å². The summed E-state index contributed by atoms with van der Waals surface area (Å²) in [6, 6.07) is 11.7. The number of imidazole rings is 1. The fourth-order valence-corrected chi connectivity index (χ4v) is 3.61. The number of nitro benzene ring substituents is 1. The van der Waals surface area contributed by atoms with Crippen molar-refractivity contribution >= 4 is 51.7 Å². The van der Waals surface area contributed by atoms with Gasteiger partial charge >= 0.3 is 0 Å². The number of non-ortho nitro benzene ring substituents is 1. The number of nitro groups is 1. The van der Waals surface area contributed by atoms with Crippen molar-refractivity contribution in [3.8, 4) is 0 Å². The average Bonchev–Trinajstić information content (AvgIpc) is 2.99. The molecular formula is C17H15ClN4O3S. The summed E-state index contributed by atoms with van der Waals surface area (Å²) in [7, 11) is 0. The number of hydrogen-bond donors (Lipinski definition) is 1. The van der Waals surface area contributed by atoms with Crippen LogP contribution in [0, 0.1) is 10.1 Å². The minimum atomic E-state index is -0.539. The molecular weight excluding hydrogens is 376 g/mol. The number of thioether (sulfide) groups is 1. The Kier molecular flexibility index (Phi) is 5.43. The van der Waals surface area contributed by atoms with Gasteiger partial charge in [-0.2, -0.15) is 0 Å². The van der Waals surface area contributed by atoms with E-state index < -0.39 is 4.92 Å². The highest BCUT2D eigenvalue weighted by Crippen LogP contribution is 2.28. The van der Waals surface area contributed by atoms with Gasteiger partial charge < -0.3 is 9.88 Å². The van der Waals surface area contributed by atoms with Crippen LogP contribution in [-0.2, 0) is 11.3 Å². The number of aryl methyl sites for hydroxylation is 1. The highest BCUT2D eigenvalue weighted by molar-refractivity contribution is 7.99. The van der Waals surface area contributed by atoms with Crippen LogP contribution >= 0.6 is 23.4 Å². The summed E-state index contributed by atoms with van der Waals surface area (Å²) in [5, 5.41) is 14.3. The van der Waals surface area contributed by atoms with E-state index in [0.29, 0.717) is 5.69 Å². The summed E-state index contributed by atoms with van der Waals surface area (Å²) >= 11 is 7.32. The Morgan fingerprint density at radius 1 is 1.35 bits per heavy atom. The van der Waals surface area contributed by atoms with Crippen LogP contribution in [0.3, 0.4) is 0 Å². The number of amides is 1. The molecule has 0 aliphatic rings. The maximum atomic E-state index is 12.2. The van der Waals surface area contributed by atoms with Gasteiger partial charge in [-0.25, -0.2) is 4.98 Å². The molecule has 3 aromatic rings. The highest BCUT2D eigenvalue weighted by atomic mass is 35.5. The third kappa shape index (κ3) is 3.81. The first-order chi connectivity index (χ1) is 12.5. The van der Waals surface area contributed by atoms with Gasteiger partial charge in [-0.3, -0.25) is 14.9 Å². The lowest BCUT2D eigenvalue weighted by Gasteiger charge is -2.08. The van der Waals surface area contributed by atoms with Gasteiger partial charge in [0.2, 0.25) is 5.91 Å². The Balaban J connectivity index is 1.69. The summed E-state index contributed by atoms with van der Waals surface area (Å²) in [6.45, 7) is 2.77. The van der Waals surface area contributed by atoms with Crippen LogP contribution in [0.15, 0.2) is 47.6 Å². The van der Waals surface area contributed by atoms with E-state index in [4.69, 9.17) is 11.6 Å². The second-order valence-electron chi connectivity index (χ2n) is 5.39. The molecule has 26 heavy (non-hydrogen) atoms. The van der Waals surface area contributed by atoms with Gasteiger partial charge in [0.15, 0.2) is 5.16 Å². The first kappa shape index (κ1) is 18.2. The van der Waals surface area contributed by atoms with E-state index in [1.54, 1.807) is 0 Å². The van der Waals surface area contributed by atoms with Crippen molar-refractivity contribution in [1.82, 2.24) is 9.55 Å². The van der Waals surface area contributed by atoms with Gasteiger partial charge in [-0.15, -0.1) is 0 Å². The van der Waals surface area contributed by atoms with Crippen molar-refractivity contribution in [1.29, 1.82) is 0 Å². The van der Waals surface area contributed by atoms with Crippen molar-refractivity contribution < 1.29 is 9.72 Å². The maximum Gasteiger partial charge on any atom is 0.271 e. The normalized spacial score (nSPS) is 10.8. The number of nitrogens with one attached hydrogen (secondary N) is 1. The number of para-hydroxylation sites is 2. The van der Waals surface area contributed by atoms with Gasteiger partial charge in [0.1, 0.15) is 0 Å². The van der Waals surface area contributed by atoms with E-state index in [9.17, 15) is 14.9 Å². The van der Waals surface area contributed by atoms with Crippen LogP contribution in [0.25, 0.3) is 11.0 Å². The Hall–Kier alpha value is -2.58. The fourth-order valence-electron chi connectivity index (χ4n) is 2.50. The van der Waals surface area contributed by atoms with Gasteiger partial charge in [-0.05, 0) is 25.1 Å². The molecule has 0 saturated heterocycles. The number of carbonyl (C=O) groups excluding carboxylic acids is 1. The van der Waals surface area contributed by atoms with Crippen molar-refractivity contribution in [3.05, 3.63) is 57.6 Å². The van der Waals surface area contributed by atoms with Crippen LogP contribution in [0.2, 0.25) is 5.02 Å². The van der Waals surface area contributed by atoms with Crippen molar-refractivity contribution in [2.24, 2.45) is 0 Å². The first-order valence-corrected chi connectivity index (χ1v) is 9.17. The minimum Gasteiger partial charge on any atom is -0.324 e. The molecule has 9 heteroatoms. The molecule has 0 atom stereocenters. The molecule has 0 fully saturated rings. The number of carbonyl (C=O) groups is 1. The van der Waals surface area contributed by atoms with E-state index in [1.165, 1.54) is 30.0 Å². The lowest BCUT2D eigenvalue weighted by atomic mass is 10.3. The van der Waals surface area contributed by atoms with Gasteiger partial charge in [-0.1, -0.05) is 35.5 Å².